The van der Waals surface area contributed by atoms with Crippen LogP contribution in [-0.2, 0) is 9.53 Å². The van der Waals surface area contributed by atoms with Gasteiger partial charge in [-0.3, -0.25) is 9.59 Å². The van der Waals surface area contributed by atoms with Gasteiger partial charge in [-0.25, -0.2) is 0 Å². The Balaban J connectivity index is 1.68. The van der Waals surface area contributed by atoms with Crippen molar-refractivity contribution in [3.63, 3.8) is 0 Å². The third-order valence-corrected chi connectivity index (χ3v) is 5.34. The van der Waals surface area contributed by atoms with E-state index in [0.717, 1.165) is 11.3 Å². The van der Waals surface area contributed by atoms with Gasteiger partial charge in [-0.1, -0.05) is 36.4 Å². The number of carbonyl (C=O) groups is 2. The molecule has 1 atom stereocenters. The van der Waals surface area contributed by atoms with Gasteiger partial charge in [0.05, 0.1) is 12.6 Å². The Kier molecular flexibility index (Phi) is 6.19. The van der Waals surface area contributed by atoms with Crippen LogP contribution in [0.4, 0.5) is 5.69 Å². The molecule has 2 N–H and O–H groups in total. The van der Waals surface area contributed by atoms with E-state index in [1.165, 1.54) is 11.8 Å². The molecule has 0 saturated carbocycles. The number of amides is 2. The van der Waals surface area contributed by atoms with Crippen LogP contribution in [0.15, 0.2) is 65.3 Å². The minimum atomic E-state index is -0.215. The summed E-state index contributed by atoms with van der Waals surface area (Å²) >= 11 is 1.48. The molecule has 1 aliphatic heterocycles. The molecule has 5 nitrogen and oxygen atoms in total. The smallest absolute Gasteiger partial charge is 0.265 e. The molecule has 0 spiro atoms. The van der Waals surface area contributed by atoms with Crippen LogP contribution in [0.5, 0.6) is 0 Å². The Morgan fingerprint density at radius 2 is 1.85 bits per heavy atom. The second kappa shape index (κ2) is 8.77. The predicted octanol–water partition coefficient (Wildman–Crippen LogP) is 4.11. The first-order valence-corrected chi connectivity index (χ1v) is 9.77. The van der Waals surface area contributed by atoms with Gasteiger partial charge in [-0.05, 0) is 37.6 Å². The molecule has 140 valence electrons. The zero-order valence-corrected chi connectivity index (χ0v) is 16.1. The molecule has 6 heteroatoms. The van der Waals surface area contributed by atoms with Gasteiger partial charge in [-0.15, -0.1) is 11.8 Å². The largest absolute Gasteiger partial charge is 0.496 e. The van der Waals surface area contributed by atoms with Crippen LogP contribution < -0.4 is 10.6 Å². The molecule has 0 aliphatic carbocycles. The van der Waals surface area contributed by atoms with Crippen LogP contribution in [0.2, 0.25) is 0 Å². The molecule has 0 fully saturated rings. The SMILES string of the molecule is CC1=C(C(=O)Nc2cccc(C(=O)N[C@@H](C)c3ccccc3)c2)SCCO1. The number of anilines is 1. The fourth-order valence-corrected chi connectivity index (χ4v) is 3.58. The maximum atomic E-state index is 12.6. The maximum Gasteiger partial charge on any atom is 0.265 e. The van der Waals surface area contributed by atoms with E-state index in [2.05, 4.69) is 10.6 Å². The number of rotatable bonds is 5. The van der Waals surface area contributed by atoms with Crippen molar-refractivity contribution in [3.8, 4) is 0 Å². The van der Waals surface area contributed by atoms with E-state index in [9.17, 15) is 9.59 Å². The van der Waals surface area contributed by atoms with Crippen LogP contribution in [0.25, 0.3) is 0 Å². The Bertz CT molecular complexity index is 865. The number of hydrogen-bond donors (Lipinski definition) is 2. The lowest BCUT2D eigenvalue weighted by Crippen LogP contribution is -2.26. The van der Waals surface area contributed by atoms with E-state index in [1.54, 1.807) is 31.2 Å². The number of nitrogens with one attached hydrogen (secondary N) is 2. The van der Waals surface area contributed by atoms with Gasteiger partial charge in [0.25, 0.3) is 11.8 Å². The van der Waals surface area contributed by atoms with Gasteiger partial charge in [0, 0.05) is 17.0 Å². The third-order valence-electron chi connectivity index (χ3n) is 4.20. The lowest BCUT2D eigenvalue weighted by Gasteiger charge is -2.18. The van der Waals surface area contributed by atoms with Gasteiger partial charge in [0.2, 0.25) is 0 Å². The average molecular weight is 382 g/mol. The zero-order chi connectivity index (χ0) is 19.2. The first kappa shape index (κ1) is 19.0. The summed E-state index contributed by atoms with van der Waals surface area (Å²) in [6.45, 7) is 4.34. The Morgan fingerprint density at radius 1 is 1.07 bits per heavy atom. The van der Waals surface area contributed by atoms with Crippen molar-refractivity contribution in [1.82, 2.24) is 5.32 Å². The predicted molar refractivity (Wildman–Crippen MR) is 109 cm³/mol. The molecule has 0 bridgehead atoms. The maximum absolute atomic E-state index is 12.6. The molecule has 0 saturated heterocycles. The van der Waals surface area contributed by atoms with E-state index in [1.807, 2.05) is 37.3 Å². The molecule has 3 rings (SSSR count). The number of allylic oxidation sites excluding steroid dienone is 1. The number of thioether (sulfide) groups is 1. The number of hydrogen-bond acceptors (Lipinski definition) is 4. The van der Waals surface area contributed by atoms with Gasteiger partial charge >= 0.3 is 0 Å². The summed E-state index contributed by atoms with van der Waals surface area (Å²) in [5.74, 6) is 0.981. The molecule has 0 radical (unpaired) electrons. The Morgan fingerprint density at radius 3 is 2.59 bits per heavy atom. The van der Waals surface area contributed by atoms with E-state index < -0.39 is 0 Å². The highest BCUT2D eigenvalue weighted by molar-refractivity contribution is 8.04. The normalized spacial score (nSPS) is 14.9. The second-order valence-corrected chi connectivity index (χ2v) is 7.33. The quantitative estimate of drug-likeness (QED) is 0.817. The summed E-state index contributed by atoms with van der Waals surface area (Å²) in [6.07, 6.45) is 0. The van der Waals surface area contributed by atoms with Crippen molar-refractivity contribution < 1.29 is 14.3 Å². The van der Waals surface area contributed by atoms with Crippen LogP contribution >= 0.6 is 11.8 Å². The van der Waals surface area contributed by atoms with Crippen LogP contribution in [0.3, 0.4) is 0 Å². The number of carbonyl (C=O) groups excluding carboxylic acids is 2. The molecule has 2 amide bonds. The monoisotopic (exact) mass is 382 g/mol. The van der Waals surface area contributed by atoms with Crippen molar-refractivity contribution in [2.24, 2.45) is 0 Å². The summed E-state index contributed by atoms with van der Waals surface area (Å²) in [6, 6.07) is 16.6. The van der Waals surface area contributed by atoms with Crippen molar-refractivity contribution in [3.05, 3.63) is 76.4 Å². The topological polar surface area (TPSA) is 67.4 Å². The van der Waals surface area contributed by atoms with Crippen LogP contribution in [0, 0.1) is 0 Å². The van der Waals surface area contributed by atoms with Crippen molar-refractivity contribution in [2.75, 3.05) is 17.7 Å². The minimum Gasteiger partial charge on any atom is -0.496 e. The highest BCUT2D eigenvalue weighted by atomic mass is 32.2. The summed E-state index contributed by atoms with van der Waals surface area (Å²) < 4.78 is 5.43. The fourth-order valence-electron chi connectivity index (χ4n) is 2.76. The lowest BCUT2D eigenvalue weighted by molar-refractivity contribution is -0.112. The Hall–Kier alpha value is -2.73. The molecule has 0 unspecified atom stereocenters. The minimum absolute atomic E-state index is 0.111. The molecule has 1 heterocycles. The summed E-state index contributed by atoms with van der Waals surface area (Å²) in [7, 11) is 0. The van der Waals surface area contributed by atoms with E-state index in [4.69, 9.17) is 4.74 Å². The van der Waals surface area contributed by atoms with Crippen molar-refractivity contribution in [2.45, 2.75) is 19.9 Å². The summed E-state index contributed by atoms with van der Waals surface area (Å²) in [5, 5.41) is 5.82. The van der Waals surface area contributed by atoms with Crippen molar-refractivity contribution >= 4 is 29.3 Å². The highest BCUT2D eigenvalue weighted by Gasteiger charge is 2.19. The standard InChI is InChI=1S/C21H22N2O3S/c1-14(16-7-4-3-5-8-16)22-20(24)17-9-6-10-18(13-17)23-21(25)19-15(2)26-11-12-27-19/h3-10,13-14H,11-12H2,1-2H3,(H,22,24)(H,23,25)/t14-/m0/s1. The van der Waals surface area contributed by atoms with Gasteiger partial charge in [0.1, 0.15) is 10.7 Å². The van der Waals surface area contributed by atoms with Crippen molar-refractivity contribution in [1.29, 1.82) is 0 Å². The van der Waals surface area contributed by atoms with Gasteiger partial charge < -0.3 is 15.4 Å². The molecule has 2 aromatic carbocycles. The Labute approximate surface area is 163 Å². The molecule has 2 aromatic rings. The van der Waals surface area contributed by atoms with E-state index >= 15 is 0 Å². The van der Waals surface area contributed by atoms with E-state index in [-0.39, 0.29) is 17.9 Å². The first-order chi connectivity index (χ1) is 13.0. The zero-order valence-electron chi connectivity index (χ0n) is 15.3. The van der Waals surface area contributed by atoms with Gasteiger partial charge in [0.15, 0.2) is 0 Å². The molecular formula is C21H22N2O3S. The molecule has 1 aliphatic rings. The van der Waals surface area contributed by atoms with Gasteiger partial charge in [-0.2, -0.15) is 0 Å². The molecule has 27 heavy (non-hydrogen) atoms. The molecule has 0 aromatic heterocycles. The average Bonchev–Trinajstić information content (AvgIpc) is 2.69. The summed E-state index contributed by atoms with van der Waals surface area (Å²) in [5.41, 5.74) is 2.10. The van der Waals surface area contributed by atoms with E-state index in [0.29, 0.717) is 28.5 Å². The lowest BCUT2D eigenvalue weighted by atomic mass is 10.1. The van der Waals surface area contributed by atoms with Crippen LogP contribution in [-0.4, -0.2) is 24.2 Å². The fraction of sp³-hybridized carbons (Fsp3) is 0.238. The highest BCUT2D eigenvalue weighted by Crippen LogP contribution is 2.26. The first-order valence-electron chi connectivity index (χ1n) is 8.78. The molecular weight excluding hydrogens is 360 g/mol. The third kappa shape index (κ3) is 4.92. The van der Waals surface area contributed by atoms with Crippen LogP contribution in [0.1, 0.15) is 35.8 Å². The summed E-state index contributed by atoms with van der Waals surface area (Å²) in [4.78, 5) is 25.6. The number of ether oxygens (including phenoxy) is 1. The number of benzene rings is 2. The second-order valence-electron chi connectivity index (χ2n) is 6.22.